The Kier molecular flexibility index (Phi) is 6.42. The Morgan fingerprint density at radius 2 is 1.90 bits per heavy atom. The number of hydrogen-bond acceptors (Lipinski definition) is 8. The largest absolute Gasteiger partial charge is 0.450 e. The Bertz CT molecular complexity index is 1730. The summed E-state index contributed by atoms with van der Waals surface area (Å²) in [4.78, 5) is 15.2. The van der Waals surface area contributed by atoms with Crippen LogP contribution >= 0.6 is 11.6 Å². The number of benzene rings is 1. The highest BCUT2D eigenvalue weighted by Gasteiger charge is 2.33. The molecule has 0 spiro atoms. The first-order valence-corrected chi connectivity index (χ1v) is 12.9. The third kappa shape index (κ3) is 4.64. The van der Waals surface area contributed by atoms with Crippen LogP contribution in [0.1, 0.15) is 30.0 Å². The van der Waals surface area contributed by atoms with Crippen LogP contribution in [0.5, 0.6) is 11.5 Å². The van der Waals surface area contributed by atoms with E-state index in [0.717, 1.165) is 25.5 Å². The van der Waals surface area contributed by atoms with E-state index >= 15 is 0 Å². The van der Waals surface area contributed by atoms with Crippen LogP contribution in [0.3, 0.4) is 0 Å². The lowest BCUT2D eigenvalue weighted by molar-refractivity contribution is -0.137. The number of aromatic nitrogens is 6. The fourth-order valence-corrected chi connectivity index (χ4v) is 5.32. The third-order valence-corrected chi connectivity index (χ3v) is 7.46. The van der Waals surface area contributed by atoms with Gasteiger partial charge in [-0.3, -0.25) is 4.90 Å². The molecule has 1 aliphatic rings. The second kappa shape index (κ2) is 9.82. The monoisotopic (exact) mass is 571 g/mol. The van der Waals surface area contributed by atoms with Crippen LogP contribution in [-0.4, -0.2) is 54.7 Å². The van der Waals surface area contributed by atoms with Gasteiger partial charge in [0.2, 0.25) is 5.95 Å². The van der Waals surface area contributed by atoms with Crippen LogP contribution in [-0.2, 0) is 13.2 Å². The summed E-state index contributed by atoms with van der Waals surface area (Å²) in [6, 6.07) is 3.96. The normalized spacial score (nSPS) is 16.2. The minimum Gasteiger partial charge on any atom is -0.450 e. The number of halogens is 4. The highest BCUT2D eigenvalue weighted by molar-refractivity contribution is 6.36. The van der Waals surface area contributed by atoms with Gasteiger partial charge in [0.25, 0.3) is 0 Å². The van der Waals surface area contributed by atoms with Crippen molar-refractivity contribution in [3.05, 3.63) is 59.1 Å². The SMILES string of the molecule is CNc1cn2ncc(Oc3cnc4nc(Nc5cc([C@H]6CCCN6C)cc(C(F)(F)F)c5)n(C)c4c3Cl)c2cn1. The minimum absolute atomic E-state index is 0.0842. The van der Waals surface area contributed by atoms with E-state index in [4.69, 9.17) is 16.3 Å². The van der Waals surface area contributed by atoms with Gasteiger partial charge in [-0.25, -0.2) is 14.5 Å². The number of alkyl halides is 3. The molecule has 5 aromatic rings. The summed E-state index contributed by atoms with van der Waals surface area (Å²) in [5.74, 6) is 1.61. The molecule has 0 radical (unpaired) electrons. The van der Waals surface area contributed by atoms with Crippen molar-refractivity contribution in [1.29, 1.82) is 0 Å². The molecule has 1 aliphatic heterocycles. The number of likely N-dealkylation sites (tertiary alicyclic amines) is 1. The van der Waals surface area contributed by atoms with E-state index < -0.39 is 11.7 Å². The van der Waals surface area contributed by atoms with E-state index in [1.807, 2.05) is 7.05 Å². The maximum atomic E-state index is 13.8. The second-order valence-corrected chi connectivity index (χ2v) is 10.0. The van der Waals surface area contributed by atoms with Crippen molar-refractivity contribution in [3.63, 3.8) is 0 Å². The number of imidazole rings is 1. The Hall–Kier alpha value is -4.10. The summed E-state index contributed by atoms with van der Waals surface area (Å²) < 4.78 is 50.7. The molecular weight excluding hydrogens is 547 g/mol. The van der Waals surface area contributed by atoms with Crippen molar-refractivity contribution in [2.45, 2.75) is 25.1 Å². The van der Waals surface area contributed by atoms with Crippen LogP contribution < -0.4 is 15.4 Å². The Balaban J connectivity index is 1.34. The van der Waals surface area contributed by atoms with Crippen molar-refractivity contribution >= 4 is 45.7 Å². The number of aryl methyl sites for hydroxylation is 1. The molecule has 1 aromatic carbocycles. The second-order valence-electron chi connectivity index (χ2n) is 9.67. The average molecular weight is 572 g/mol. The van der Waals surface area contributed by atoms with Gasteiger partial charge in [-0.05, 0) is 50.2 Å². The zero-order valence-corrected chi connectivity index (χ0v) is 22.5. The molecule has 0 amide bonds. The van der Waals surface area contributed by atoms with Crippen molar-refractivity contribution in [3.8, 4) is 11.5 Å². The quantitative estimate of drug-likeness (QED) is 0.255. The number of nitrogens with zero attached hydrogens (tertiary/aromatic N) is 7. The van der Waals surface area contributed by atoms with Crippen molar-refractivity contribution in [2.75, 3.05) is 31.3 Å². The highest BCUT2D eigenvalue weighted by atomic mass is 35.5. The molecule has 0 unspecified atom stereocenters. The van der Waals surface area contributed by atoms with E-state index in [1.165, 1.54) is 12.3 Å². The lowest BCUT2D eigenvalue weighted by Crippen LogP contribution is -2.18. The van der Waals surface area contributed by atoms with Gasteiger partial charge in [-0.1, -0.05) is 11.6 Å². The lowest BCUT2D eigenvalue weighted by Gasteiger charge is -2.22. The third-order valence-electron chi connectivity index (χ3n) is 7.09. The molecule has 1 atom stereocenters. The smallest absolute Gasteiger partial charge is 0.416 e. The standard InChI is InChI=1S/C26H25ClF3N9O/c1-31-21-13-39-18(10-32-21)19(12-34-39)40-20-11-33-24-23(22(20)27)38(3)25(36-24)35-16-8-14(17-5-4-6-37(17)2)7-15(9-16)26(28,29)30/h7-13,17,31H,4-6H2,1-3H3,(H,33,35,36)/t17-/m1/s1. The van der Waals surface area contributed by atoms with E-state index in [9.17, 15) is 13.2 Å². The summed E-state index contributed by atoms with van der Waals surface area (Å²) >= 11 is 6.73. The Morgan fingerprint density at radius 3 is 2.62 bits per heavy atom. The minimum atomic E-state index is -4.49. The molecular formula is C26H25ClF3N9O. The Labute approximate surface area is 231 Å². The van der Waals surface area contributed by atoms with Crippen LogP contribution in [0.2, 0.25) is 5.02 Å². The van der Waals surface area contributed by atoms with Gasteiger partial charge in [0.05, 0.1) is 30.4 Å². The van der Waals surface area contributed by atoms with Crippen LogP contribution in [0.4, 0.5) is 30.6 Å². The molecule has 0 saturated carbocycles. The molecule has 40 heavy (non-hydrogen) atoms. The molecule has 14 heteroatoms. The molecule has 10 nitrogen and oxygen atoms in total. The number of ether oxygens (including phenoxy) is 1. The van der Waals surface area contributed by atoms with Crippen molar-refractivity contribution in [2.24, 2.45) is 7.05 Å². The number of fused-ring (bicyclic) bond motifs is 2. The van der Waals surface area contributed by atoms with E-state index in [1.54, 1.807) is 47.8 Å². The van der Waals surface area contributed by atoms with E-state index in [0.29, 0.717) is 33.8 Å². The van der Waals surface area contributed by atoms with Crippen molar-refractivity contribution in [1.82, 2.24) is 34.0 Å². The summed E-state index contributed by atoms with van der Waals surface area (Å²) in [5.41, 5.74) is 1.55. The summed E-state index contributed by atoms with van der Waals surface area (Å²) in [5, 5.41) is 10.5. The first-order valence-electron chi connectivity index (χ1n) is 12.5. The number of anilines is 3. The molecule has 208 valence electrons. The summed E-state index contributed by atoms with van der Waals surface area (Å²) in [6.07, 6.45) is 3.56. The maximum Gasteiger partial charge on any atom is 0.416 e. The lowest BCUT2D eigenvalue weighted by atomic mass is 10.0. The first-order chi connectivity index (χ1) is 19.1. The fourth-order valence-electron chi connectivity index (χ4n) is 5.02. The van der Waals surface area contributed by atoms with Crippen LogP contribution in [0.15, 0.2) is 43.0 Å². The van der Waals surface area contributed by atoms with Crippen molar-refractivity contribution < 1.29 is 17.9 Å². The fraction of sp³-hybridized carbons (Fsp3) is 0.308. The molecule has 1 fully saturated rings. The van der Waals surface area contributed by atoms with Gasteiger partial charge in [0, 0.05) is 25.8 Å². The van der Waals surface area contributed by atoms with Gasteiger partial charge in [0.1, 0.15) is 21.9 Å². The first kappa shape index (κ1) is 26.1. The molecule has 0 bridgehead atoms. The predicted molar refractivity (Wildman–Crippen MR) is 145 cm³/mol. The summed E-state index contributed by atoms with van der Waals surface area (Å²) in [7, 11) is 5.38. The zero-order valence-electron chi connectivity index (χ0n) is 21.8. The zero-order chi connectivity index (χ0) is 28.2. The predicted octanol–water partition coefficient (Wildman–Crippen LogP) is 6.03. The Morgan fingerprint density at radius 1 is 1.07 bits per heavy atom. The van der Waals surface area contributed by atoms with Gasteiger partial charge in [-0.2, -0.15) is 23.3 Å². The van der Waals surface area contributed by atoms with Crippen LogP contribution in [0.25, 0.3) is 16.7 Å². The van der Waals surface area contributed by atoms with Gasteiger partial charge in [0.15, 0.2) is 17.1 Å². The average Bonchev–Trinajstić information content (AvgIpc) is 3.62. The summed E-state index contributed by atoms with van der Waals surface area (Å²) in [6.45, 7) is 0.839. The van der Waals surface area contributed by atoms with Crippen LogP contribution in [0, 0.1) is 0 Å². The number of rotatable bonds is 6. The molecule has 5 heterocycles. The maximum absolute atomic E-state index is 13.8. The number of pyridine rings is 1. The van der Waals surface area contributed by atoms with Gasteiger partial charge in [-0.15, -0.1) is 0 Å². The number of nitrogens with one attached hydrogen (secondary N) is 2. The molecule has 2 N–H and O–H groups in total. The molecule has 0 aliphatic carbocycles. The van der Waals surface area contributed by atoms with Gasteiger partial charge >= 0.3 is 6.18 Å². The highest BCUT2D eigenvalue weighted by Crippen LogP contribution is 2.39. The van der Waals surface area contributed by atoms with E-state index in [-0.39, 0.29) is 28.4 Å². The topological polar surface area (TPSA) is 97.4 Å². The molecule has 6 rings (SSSR count). The van der Waals surface area contributed by atoms with Gasteiger partial charge < -0.3 is 19.9 Å². The number of hydrogen-bond donors (Lipinski definition) is 2. The molecule has 4 aromatic heterocycles. The van der Waals surface area contributed by atoms with E-state index in [2.05, 4.69) is 35.6 Å². The molecule has 1 saturated heterocycles.